The van der Waals surface area contributed by atoms with Gasteiger partial charge in [-0.25, -0.2) is 0 Å². The summed E-state index contributed by atoms with van der Waals surface area (Å²) in [6, 6.07) is 1.45. The minimum absolute atomic E-state index is 0.296. The molecule has 0 saturated carbocycles. The van der Waals surface area contributed by atoms with Gasteiger partial charge in [0.2, 0.25) is 0 Å². The summed E-state index contributed by atoms with van der Waals surface area (Å²) in [7, 11) is 4.26. The average molecular weight is 172 g/mol. The quantitative estimate of drug-likeness (QED) is 0.584. The van der Waals surface area contributed by atoms with Gasteiger partial charge in [-0.05, 0) is 6.07 Å². The maximum absolute atomic E-state index is 9.21. The summed E-state index contributed by atoms with van der Waals surface area (Å²) in [4.78, 5) is 0. The molecule has 11 heavy (non-hydrogen) atoms. The van der Waals surface area contributed by atoms with Gasteiger partial charge in [0.25, 0.3) is 0 Å². The fraction of sp³-hybridized carbons (Fsp3) is 0.400. The summed E-state index contributed by atoms with van der Waals surface area (Å²) >= 11 is 0. The van der Waals surface area contributed by atoms with Crippen LogP contribution in [0, 0.1) is 0 Å². The van der Waals surface area contributed by atoms with Gasteiger partial charge in [0.1, 0.15) is 12.9 Å². The number of rotatable bonds is 1. The standard InChI is InChI=1S/C5H9BN2O2S/c1-8-5(11(2,9)10)3-4(6)7-8/h3,9-10H,1-2H3. The Morgan fingerprint density at radius 2 is 2.18 bits per heavy atom. The molecule has 0 unspecified atom stereocenters. The minimum Gasteiger partial charge on any atom is -0.294 e. The molecule has 1 heterocycles. The third-order valence-corrected chi connectivity index (χ3v) is 2.43. The van der Waals surface area contributed by atoms with E-state index in [1.807, 2.05) is 0 Å². The second-order valence-corrected chi connectivity index (χ2v) is 4.45. The van der Waals surface area contributed by atoms with Crippen LogP contribution in [0.25, 0.3) is 0 Å². The molecule has 0 aliphatic carbocycles. The second-order valence-electron chi connectivity index (χ2n) is 2.36. The van der Waals surface area contributed by atoms with Crippen molar-refractivity contribution in [2.45, 2.75) is 5.03 Å². The molecule has 0 aromatic carbocycles. The molecule has 0 aliphatic rings. The average Bonchev–Trinajstić information content (AvgIpc) is 2.08. The molecule has 0 atom stereocenters. The van der Waals surface area contributed by atoms with Crippen LogP contribution in [-0.2, 0) is 7.05 Å². The van der Waals surface area contributed by atoms with E-state index in [2.05, 4.69) is 5.10 Å². The highest BCUT2D eigenvalue weighted by Gasteiger charge is 2.13. The summed E-state index contributed by atoms with van der Waals surface area (Å²) in [6.07, 6.45) is 1.34. The zero-order valence-electron chi connectivity index (χ0n) is 6.35. The fourth-order valence-corrected chi connectivity index (χ4v) is 1.72. The lowest BCUT2D eigenvalue weighted by molar-refractivity contribution is 0.480. The molecule has 1 aromatic rings. The van der Waals surface area contributed by atoms with Crippen LogP contribution in [0.15, 0.2) is 11.1 Å². The highest BCUT2D eigenvalue weighted by molar-refractivity contribution is 8.23. The third kappa shape index (κ3) is 1.77. The molecule has 2 radical (unpaired) electrons. The maximum atomic E-state index is 9.21. The molecule has 0 fully saturated rings. The van der Waals surface area contributed by atoms with Crippen molar-refractivity contribution in [3.8, 4) is 0 Å². The fourth-order valence-electron chi connectivity index (χ4n) is 0.833. The second kappa shape index (κ2) is 2.55. The SMILES string of the molecule is [B]c1cc(S(C)(O)O)n(C)n1. The van der Waals surface area contributed by atoms with Crippen LogP contribution in [0.1, 0.15) is 0 Å². The number of hydrogen-bond acceptors (Lipinski definition) is 3. The third-order valence-electron chi connectivity index (χ3n) is 1.25. The van der Waals surface area contributed by atoms with Crippen LogP contribution in [-0.4, -0.2) is 33.0 Å². The first-order chi connectivity index (χ1) is 4.91. The summed E-state index contributed by atoms with van der Waals surface area (Å²) in [5.74, 6) is 0. The van der Waals surface area contributed by atoms with Crippen molar-refractivity contribution in [3.05, 3.63) is 6.07 Å². The first kappa shape index (κ1) is 8.64. The number of nitrogens with zero attached hydrogens (tertiary/aromatic N) is 2. The molecule has 1 rings (SSSR count). The van der Waals surface area contributed by atoms with Crippen LogP contribution >= 0.6 is 10.6 Å². The van der Waals surface area contributed by atoms with Crippen LogP contribution < -0.4 is 5.59 Å². The van der Waals surface area contributed by atoms with E-state index in [4.69, 9.17) is 7.85 Å². The number of aryl methyl sites for hydroxylation is 1. The molecule has 6 heteroatoms. The van der Waals surface area contributed by atoms with Gasteiger partial charge in [-0.1, -0.05) is 0 Å². The largest absolute Gasteiger partial charge is 0.294 e. The highest BCUT2D eigenvalue weighted by Crippen LogP contribution is 2.42. The summed E-state index contributed by atoms with van der Waals surface area (Å²) in [5, 5.41) is 4.13. The maximum Gasteiger partial charge on any atom is 0.144 e. The van der Waals surface area contributed by atoms with Gasteiger partial charge < -0.3 is 0 Å². The van der Waals surface area contributed by atoms with Gasteiger partial charge in [0.15, 0.2) is 0 Å². The Kier molecular flexibility index (Phi) is 2.00. The number of aromatic nitrogens is 2. The van der Waals surface area contributed by atoms with Gasteiger partial charge in [0.05, 0.1) is 0 Å². The lowest BCUT2D eigenvalue weighted by atomic mass is 10.1. The first-order valence-electron chi connectivity index (χ1n) is 2.94. The normalized spacial score (nSPS) is 13.5. The molecule has 60 valence electrons. The Hall–Kier alpha value is -0.455. The van der Waals surface area contributed by atoms with E-state index in [9.17, 15) is 9.11 Å². The Balaban J connectivity index is 3.13. The van der Waals surface area contributed by atoms with E-state index in [1.165, 1.54) is 17.0 Å². The van der Waals surface area contributed by atoms with Crippen LogP contribution in [0.3, 0.4) is 0 Å². The van der Waals surface area contributed by atoms with Crippen LogP contribution in [0.2, 0.25) is 0 Å². The summed E-state index contributed by atoms with van der Waals surface area (Å²) in [5.41, 5.74) is 0.296. The molecule has 0 amide bonds. The van der Waals surface area contributed by atoms with Gasteiger partial charge >= 0.3 is 0 Å². The predicted octanol–water partition coefficient (Wildman–Crippen LogP) is -0.0468. The molecule has 2 N–H and O–H groups in total. The summed E-state index contributed by atoms with van der Waals surface area (Å²) < 4.78 is 19.8. The molecule has 0 spiro atoms. The monoisotopic (exact) mass is 172 g/mol. The van der Waals surface area contributed by atoms with Crippen molar-refractivity contribution < 1.29 is 9.11 Å². The molecule has 1 aromatic heterocycles. The summed E-state index contributed by atoms with van der Waals surface area (Å²) in [6.45, 7) is 0. The van der Waals surface area contributed by atoms with Crippen molar-refractivity contribution in [2.75, 3.05) is 6.26 Å². The lowest BCUT2D eigenvalue weighted by Crippen LogP contribution is -2.05. The Morgan fingerprint density at radius 1 is 1.64 bits per heavy atom. The topological polar surface area (TPSA) is 58.3 Å². The van der Waals surface area contributed by atoms with Gasteiger partial charge in [0, 0.05) is 18.9 Å². The van der Waals surface area contributed by atoms with Crippen molar-refractivity contribution in [1.29, 1.82) is 0 Å². The Labute approximate surface area is 68.0 Å². The van der Waals surface area contributed by atoms with Crippen LogP contribution in [0.4, 0.5) is 0 Å². The zero-order chi connectivity index (χ0) is 8.65. The van der Waals surface area contributed by atoms with Gasteiger partial charge in [-0.2, -0.15) is 15.7 Å². The number of hydrogen-bond donors (Lipinski definition) is 2. The molecule has 0 aliphatic heterocycles. The zero-order valence-corrected chi connectivity index (χ0v) is 7.17. The van der Waals surface area contributed by atoms with E-state index in [-0.39, 0.29) is 0 Å². The highest BCUT2D eigenvalue weighted by atomic mass is 32.3. The van der Waals surface area contributed by atoms with Gasteiger partial charge in [-0.3, -0.25) is 13.8 Å². The first-order valence-corrected chi connectivity index (χ1v) is 4.89. The van der Waals surface area contributed by atoms with Crippen LogP contribution in [0.5, 0.6) is 0 Å². The van der Waals surface area contributed by atoms with E-state index in [1.54, 1.807) is 7.05 Å². The van der Waals surface area contributed by atoms with Crippen molar-refractivity contribution >= 4 is 24.0 Å². The molecule has 4 nitrogen and oxygen atoms in total. The molecular formula is C5H9BN2O2S. The Morgan fingerprint density at radius 3 is 2.36 bits per heavy atom. The molecular weight excluding hydrogens is 163 g/mol. The van der Waals surface area contributed by atoms with E-state index in [0.29, 0.717) is 10.6 Å². The smallest absolute Gasteiger partial charge is 0.144 e. The van der Waals surface area contributed by atoms with E-state index in [0.717, 1.165) is 0 Å². The van der Waals surface area contributed by atoms with Gasteiger partial charge in [-0.15, -0.1) is 0 Å². The predicted molar refractivity (Wildman–Crippen MR) is 45.6 cm³/mol. The van der Waals surface area contributed by atoms with Crippen molar-refractivity contribution in [3.63, 3.8) is 0 Å². The van der Waals surface area contributed by atoms with E-state index < -0.39 is 10.6 Å². The molecule has 0 bridgehead atoms. The minimum atomic E-state index is -2.69. The van der Waals surface area contributed by atoms with E-state index >= 15 is 0 Å². The Bertz CT molecular complexity index is 268. The molecule has 0 saturated heterocycles. The van der Waals surface area contributed by atoms with Crippen molar-refractivity contribution in [2.24, 2.45) is 7.05 Å². The van der Waals surface area contributed by atoms with Crippen molar-refractivity contribution in [1.82, 2.24) is 9.78 Å². The lowest BCUT2D eigenvalue weighted by Gasteiger charge is -2.25.